The molecule has 1 atom stereocenters. The minimum Gasteiger partial charge on any atom is -0.380 e. The molecule has 1 nitrogen and oxygen atoms in total. The number of aliphatic hydroxyl groups is 1. The number of halogens is 1. The molecule has 0 aromatic rings. The second-order valence-corrected chi connectivity index (χ2v) is 4.72. The summed E-state index contributed by atoms with van der Waals surface area (Å²) in [7, 11) is 1.41. The summed E-state index contributed by atoms with van der Waals surface area (Å²) >= 11 is 2.09. The van der Waals surface area contributed by atoms with Crippen molar-refractivity contribution >= 4 is 30.1 Å². The van der Waals surface area contributed by atoms with Crippen LogP contribution < -0.4 is 0 Å². The van der Waals surface area contributed by atoms with Crippen LogP contribution in [0.25, 0.3) is 0 Å². The SMILES string of the molecule is C=C(C)CCCCC(O)C#CSI.CC. The van der Waals surface area contributed by atoms with Gasteiger partial charge in [-0.3, -0.25) is 0 Å². The van der Waals surface area contributed by atoms with E-state index in [4.69, 9.17) is 0 Å². The van der Waals surface area contributed by atoms with E-state index in [2.05, 4.69) is 39.0 Å². The smallest absolute Gasteiger partial charge is 0.115 e. The monoisotopic (exact) mass is 340 g/mol. The van der Waals surface area contributed by atoms with Gasteiger partial charge < -0.3 is 5.11 Å². The van der Waals surface area contributed by atoms with Crippen LogP contribution in [0.3, 0.4) is 0 Å². The maximum atomic E-state index is 9.33. The highest BCUT2D eigenvalue weighted by molar-refractivity contribution is 14.2. The lowest BCUT2D eigenvalue weighted by atomic mass is 10.1. The first-order valence-electron chi connectivity index (χ1n) is 5.27. The Bertz CT molecular complexity index is 205. The molecule has 0 aliphatic rings. The highest BCUT2D eigenvalue weighted by Gasteiger charge is 1.98. The molecule has 0 aliphatic carbocycles. The quantitative estimate of drug-likeness (QED) is 0.343. The van der Waals surface area contributed by atoms with E-state index in [0.717, 1.165) is 25.7 Å². The first-order valence-corrected chi connectivity index (χ1v) is 8.63. The van der Waals surface area contributed by atoms with Crippen molar-refractivity contribution in [2.24, 2.45) is 0 Å². The third kappa shape index (κ3) is 17.0. The van der Waals surface area contributed by atoms with Crippen LogP contribution in [-0.2, 0) is 0 Å². The molecule has 0 spiro atoms. The Labute approximate surface area is 111 Å². The number of hydrogen-bond donors (Lipinski definition) is 1. The average Bonchev–Trinajstić information content (AvgIpc) is 2.24. The second kappa shape index (κ2) is 14.3. The van der Waals surface area contributed by atoms with Gasteiger partial charge in [0.2, 0.25) is 0 Å². The van der Waals surface area contributed by atoms with E-state index < -0.39 is 6.10 Å². The molecule has 0 amide bonds. The molecule has 0 rings (SSSR count). The van der Waals surface area contributed by atoms with Gasteiger partial charge in [0.25, 0.3) is 0 Å². The van der Waals surface area contributed by atoms with Crippen LogP contribution in [0.4, 0.5) is 0 Å². The molecule has 0 aromatic heterocycles. The molecule has 88 valence electrons. The molecule has 0 heterocycles. The van der Waals surface area contributed by atoms with Crippen molar-refractivity contribution < 1.29 is 5.11 Å². The Morgan fingerprint density at radius 2 is 2.07 bits per heavy atom. The number of unbranched alkanes of at least 4 members (excludes halogenated alkanes) is 1. The molecule has 0 aromatic carbocycles. The minimum absolute atomic E-state index is 0.451. The summed E-state index contributed by atoms with van der Waals surface area (Å²) in [5, 5.41) is 12.1. The first-order chi connectivity index (χ1) is 7.16. The fourth-order valence-electron chi connectivity index (χ4n) is 0.927. The van der Waals surface area contributed by atoms with Crippen molar-refractivity contribution in [3.8, 4) is 11.2 Å². The number of rotatable bonds is 5. The van der Waals surface area contributed by atoms with Gasteiger partial charge in [-0.05, 0) is 46.8 Å². The molecule has 1 unspecified atom stereocenters. The Morgan fingerprint density at radius 1 is 1.47 bits per heavy atom. The fourth-order valence-corrected chi connectivity index (χ4v) is 1.49. The molecule has 3 heteroatoms. The van der Waals surface area contributed by atoms with E-state index in [0.29, 0.717) is 0 Å². The van der Waals surface area contributed by atoms with Crippen LogP contribution in [0, 0.1) is 11.2 Å². The Hall–Kier alpha value is 0.340. The third-order valence-corrected chi connectivity index (χ3v) is 2.45. The number of hydrogen-bond acceptors (Lipinski definition) is 2. The zero-order valence-corrected chi connectivity index (χ0v) is 12.8. The van der Waals surface area contributed by atoms with Crippen LogP contribution in [0.2, 0.25) is 0 Å². The number of allylic oxidation sites excluding steroid dienone is 1. The highest BCUT2D eigenvalue weighted by atomic mass is 127. The lowest BCUT2D eigenvalue weighted by Crippen LogP contribution is -2.01. The molecule has 0 bridgehead atoms. The summed E-state index contributed by atoms with van der Waals surface area (Å²) in [6, 6.07) is 0. The summed E-state index contributed by atoms with van der Waals surface area (Å²) in [6.07, 6.45) is 3.51. The lowest BCUT2D eigenvalue weighted by molar-refractivity contribution is 0.218. The van der Waals surface area contributed by atoms with Crippen LogP contribution in [0.5, 0.6) is 0 Å². The highest BCUT2D eigenvalue weighted by Crippen LogP contribution is 2.10. The normalized spacial score (nSPS) is 10.5. The van der Waals surface area contributed by atoms with Crippen molar-refractivity contribution in [1.29, 1.82) is 0 Å². The van der Waals surface area contributed by atoms with Crippen molar-refractivity contribution in [2.45, 2.75) is 52.6 Å². The van der Waals surface area contributed by atoms with Gasteiger partial charge in [-0.15, -0.1) is 6.58 Å². The van der Waals surface area contributed by atoms with E-state index in [1.807, 2.05) is 20.8 Å². The van der Waals surface area contributed by atoms with Crippen LogP contribution in [0.1, 0.15) is 46.5 Å². The average molecular weight is 340 g/mol. The van der Waals surface area contributed by atoms with Gasteiger partial charge in [-0.1, -0.05) is 25.3 Å². The van der Waals surface area contributed by atoms with Gasteiger partial charge in [-0.25, -0.2) is 0 Å². The maximum absolute atomic E-state index is 9.33. The first kappa shape index (κ1) is 17.7. The van der Waals surface area contributed by atoms with Crippen molar-refractivity contribution in [3.63, 3.8) is 0 Å². The summed E-state index contributed by atoms with van der Waals surface area (Å²) in [5.41, 5.74) is 1.21. The van der Waals surface area contributed by atoms with E-state index >= 15 is 0 Å². The summed E-state index contributed by atoms with van der Waals surface area (Å²) in [5.74, 6) is 2.76. The lowest BCUT2D eigenvalue weighted by Gasteiger charge is -2.02. The number of aliphatic hydroxyl groups excluding tert-OH is 1. The van der Waals surface area contributed by atoms with Gasteiger partial charge >= 0.3 is 0 Å². The molecule has 0 aliphatic heterocycles. The summed E-state index contributed by atoms with van der Waals surface area (Å²) in [4.78, 5) is 0. The van der Waals surface area contributed by atoms with Crippen molar-refractivity contribution in [1.82, 2.24) is 0 Å². The van der Waals surface area contributed by atoms with Gasteiger partial charge in [0.05, 0.1) is 0 Å². The Kier molecular flexibility index (Phi) is 16.9. The molecule has 15 heavy (non-hydrogen) atoms. The topological polar surface area (TPSA) is 20.2 Å². The van der Waals surface area contributed by atoms with E-state index in [1.165, 1.54) is 14.5 Å². The summed E-state index contributed by atoms with van der Waals surface area (Å²) in [6.45, 7) is 9.86. The van der Waals surface area contributed by atoms with Crippen molar-refractivity contribution in [2.75, 3.05) is 0 Å². The molecular weight excluding hydrogens is 319 g/mol. The van der Waals surface area contributed by atoms with Crippen LogP contribution in [-0.4, -0.2) is 11.2 Å². The van der Waals surface area contributed by atoms with E-state index in [-0.39, 0.29) is 0 Å². The van der Waals surface area contributed by atoms with E-state index in [1.54, 1.807) is 0 Å². The molecule has 0 radical (unpaired) electrons. The zero-order chi connectivity index (χ0) is 12.1. The minimum atomic E-state index is -0.451. The van der Waals surface area contributed by atoms with Crippen LogP contribution >= 0.6 is 30.1 Å². The van der Waals surface area contributed by atoms with Gasteiger partial charge in [-0.2, -0.15) is 0 Å². The Balaban J connectivity index is 0. The molecular formula is C12H21IOS. The molecule has 1 N–H and O–H groups in total. The molecule has 0 fully saturated rings. The largest absolute Gasteiger partial charge is 0.380 e. The van der Waals surface area contributed by atoms with Gasteiger partial charge in [0, 0.05) is 21.2 Å². The van der Waals surface area contributed by atoms with Gasteiger partial charge in [0.1, 0.15) is 6.10 Å². The van der Waals surface area contributed by atoms with E-state index in [9.17, 15) is 5.11 Å². The predicted octanol–water partition coefficient (Wildman–Crippen LogP) is 4.55. The summed E-state index contributed by atoms with van der Waals surface area (Å²) < 4.78 is 0. The predicted molar refractivity (Wildman–Crippen MR) is 80.0 cm³/mol. The second-order valence-electron chi connectivity index (χ2n) is 3.04. The van der Waals surface area contributed by atoms with Gasteiger partial charge in [0.15, 0.2) is 0 Å². The third-order valence-electron chi connectivity index (χ3n) is 1.60. The molecule has 0 saturated carbocycles. The standard InChI is InChI=1S/C10H15IOS.C2H6/c1-9(2)5-3-4-6-10(12)7-8-13-11;1-2/h10,12H,1,3-6H2,2H3;1-2H3. The Morgan fingerprint density at radius 3 is 2.53 bits per heavy atom. The molecule has 0 saturated heterocycles. The van der Waals surface area contributed by atoms with Crippen molar-refractivity contribution in [3.05, 3.63) is 12.2 Å². The maximum Gasteiger partial charge on any atom is 0.115 e. The van der Waals surface area contributed by atoms with Crippen LogP contribution in [0.15, 0.2) is 12.2 Å². The zero-order valence-electron chi connectivity index (χ0n) is 9.85. The fraction of sp³-hybridized carbons (Fsp3) is 0.667.